The van der Waals surface area contributed by atoms with E-state index < -0.39 is 47.4 Å². The molecule has 2 saturated heterocycles. The summed E-state index contributed by atoms with van der Waals surface area (Å²) >= 11 is 0. The van der Waals surface area contributed by atoms with Gasteiger partial charge in [0, 0.05) is 0 Å². The van der Waals surface area contributed by atoms with Crippen LogP contribution in [0.4, 0.5) is 0 Å². The fourth-order valence-electron chi connectivity index (χ4n) is 7.58. The average molecular weight is 610 g/mol. The van der Waals surface area contributed by atoms with Crippen molar-refractivity contribution in [1.29, 1.82) is 0 Å². The SMILES string of the molecule is CCOC(=O)C1=NC(c2ccccc2C)N2C(c3ccccc3C)N3C(c4ccccc4C)C3(C(=O)OCC)C12C(=O)OCC. The molecule has 3 aliphatic heterocycles. The maximum atomic E-state index is 14.9. The summed E-state index contributed by atoms with van der Waals surface area (Å²) in [6.45, 7) is 11.3. The molecule has 45 heavy (non-hydrogen) atoms. The third kappa shape index (κ3) is 4.13. The standard InChI is InChI=1S/C36H39N3O6/c1-7-43-32(40)28-35(33(41)44-8-2)36(34(42)45-9-3)29(25-19-13-10-16-22(25)4)38(36)31(27-21-15-12-18-24(27)6)39(35)30(37-28)26-20-14-11-17-23(26)5/h10-21,29-31H,7-9H2,1-6H3. The van der Waals surface area contributed by atoms with Crippen LogP contribution in [0.1, 0.15) is 72.5 Å². The molecule has 0 aliphatic carbocycles. The summed E-state index contributed by atoms with van der Waals surface area (Å²) in [5.41, 5.74) is 1.54. The van der Waals surface area contributed by atoms with Gasteiger partial charge in [-0.15, -0.1) is 0 Å². The molecule has 0 spiro atoms. The van der Waals surface area contributed by atoms with Gasteiger partial charge in [0.05, 0.1) is 32.0 Å². The van der Waals surface area contributed by atoms with Crippen LogP contribution >= 0.6 is 0 Å². The Bertz CT molecular complexity index is 1700. The second-order valence-corrected chi connectivity index (χ2v) is 11.7. The fourth-order valence-corrected chi connectivity index (χ4v) is 7.58. The number of rotatable bonds is 9. The van der Waals surface area contributed by atoms with E-state index in [4.69, 9.17) is 19.2 Å². The normalized spacial score (nSPS) is 28.1. The highest BCUT2D eigenvalue weighted by molar-refractivity contribution is 6.47. The zero-order chi connectivity index (χ0) is 32.1. The van der Waals surface area contributed by atoms with Crippen LogP contribution in [0.2, 0.25) is 0 Å². The minimum Gasteiger partial charge on any atom is -0.464 e. The van der Waals surface area contributed by atoms with Crippen molar-refractivity contribution >= 4 is 23.6 Å². The average Bonchev–Trinajstić information content (AvgIpc) is 3.44. The van der Waals surface area contributed by atoms with Gasteiger partial charge >= 0.3 is 17.9 Å². The van der Waals surface area contributed by atoms with Gasteiger partial charge < -0.3 is 14.2 Å². The summed E-state index contributed by atoms with van der Waals surface area (Å²) in [6.07, 6.45) is -1.47. The zero-order valence-corrected chi connectivity index (χ0v) is 26.6. The smallest absolute Gasteiger partial charge is 0.355 e. The molecular weight excluding hydrogens is 570 g/mol. The number of nitrogens with zero attached hydrogens (tertiary/aromatic N) is 3. The molecule has 3 heterocycles. The number of esters is 3. The summed E-state index contributed by atoms with van der Waals surface area (Å²) in [7, 11) is 0. The Kier molecular flexibility index (Phi) is 7.87. The summed E-state index contributed by atoms with van der Waals surface area (Å²) < 4.78 is 17.4. The molecule has 2 fully saturated rings. The van der Waals surface area contributed by atoms with E-state index in [9.17, 15) is 14.4 Å². The van der Waals surface area contributed by atoms with E-state index in [0.29, 0.717) is 0 Å². The largest absolute Gasteiger partial charge is 0.464 e. The number of carbonyl (C=O) groups is 3. The highest BCUT2D eigenvalue weighted by atomic mass is 16.6. The molecule has 6 atom stereocenters. The molecule has 0 bridgehead atoms. The highest BCUT2D eigenvalue weighted by Gasteiger charge is 2.94. The monoisotopic (exact) mass is 609 g/mol. The number of fused-ring (bicyclic) bond motifs is 3. The van der Waals surface area contributed by atoms with E-state index in [-0.39, 0.29) is 25.5 Å². The van der Waals surface area contributed by atoms with Gasteiger partial charge in [-0.05, 0) is 74.9 Å². The van der Waals surface area contributed by atoms with Crippen LogP contribution in [0.5, 0.6) is 0 Å². The molecule has 0 amide bonds. The lowest BCUT2D eigenvalue weighted by atomic mass is 9.74. The van der Waals surface area contributed by atoms with Crippen LogP contribution in [-0.4, -0.2) is 64.3 Å². The number of aryl methyl sites for hydroxylation is 3. The van der Waals surface area contributed by atoms with Crippen molar-refractivity contribution in [3.63, 3.8) is 0 Å². The fraction of sp³-hybridized carbons (Fsp3) is 0.389. The molecule has 3 aromatic rings. The predicted octanol–water partition coefficient (Wildman–Crippen LogP) is 5.30. The maximum absolute atomic E-state index is 14.9. The molecule has 0 radical (unpaired) electrons. The van der Waals surface area contributed by atoms with Gasteiger partial charge in [-0.1, -0.05) is 72.8 Å². The van der Waals surface area contributed by atoms with Crippen molar-refractivity contribution in [3.8, 4) is 0 Å². The maximum Gasteiger partial charge on any atom is 0.355 e. The molecule has 3 aliphatic rings. The number of aliphatic imine (C=N–C) groups is 1. The molecule has 3 aromatic carbocycles. The van der Waals surface area contributed by atoms with Crippen molar-refractivity contribution in [2.45, 2.75) is 71.0 Å². The lowest BCUT2D eigenvalue weighted by Crippen LogP contribution is -2.68. The Morgan fingerprint density at radius 3 is 1.69 bits per heavy atom. The molecule has 6 rings (SSSR count). The van der Waals surface area contributed by atoms with Gasteiger partial charge in [0.25, 0.3) is 0 Å². The number of hydrogen-bond acceptors (Lipinski definition) is 9. The topological polar surface area (TPSA) is 97.5 Å². The molecule has 9 heteroatoms. The predicted molar refractivity (Wildman–Crippen MR) is 168 cm³/mol. The van der Waals surface area contributed by atoms with Crippen molar-refractivity contribution < 1.29 is 28.6 Å². The first-order chi connectivity index (χ1) is 21.7. The Morgan fingerprint density at radius 2 is 1.16 bits per heavy atom. The molecular formula is C36H39N3O6. The minimum atomic E-state index is -1.99. The summed E-state index contributed by atoms with van der Waals surface area (Å²) in [5, 5.41) is 0. The van der Waals surface area contributed by atoms with Gasteiger partial charge in [-0.2, -0.15) is 0 Å². The number of carbonyl (C=O) groups excluding carboxylic acids is 3. The van der Waals surface area contributed by atoms with Crippen molar-refractivity contribution in [2.24, 2.45) is 4.99 Å². The molecule has 9 nitrogen and oxygen atoms in total. The van der Waals surface area contributed by atoms with Crippen LogP contribution < -0.4 is 0 Å². The van der Waals surface area contributed by atoms with E-state index in [1.165, 1.54) is 0 Å². The Balaban J connectivity index is 1.76. The second-order valence-electron chi connectivity index (χ2n) is 11.7. The number of ether oxygens (including phenoxy) is 3. The van der Waals surface area contributed by atoms with Crippen LogP contribution in [0.15, 0.2) is 77.8 Å². The Morgan fingerprint density at radius 1 is 0.667 bits per heavy atom. The van der Waals surface area contributed by atoms with Crippen LogP contribution in [0.25, 0.3) is 0 Å². The van der Waals surface area contributed by atoms with E-state index in [1.807, 2.05) is 103 Å². The Hall–Kier alpha value is -4.34. The highest BCUT2D eigenvalue weighted by Crippen LogP contribution is 2.75. The van der Waals surface area contributed by atoms with E-state index in [1.54, 1.807) is 20.8 Å². The molecule has 0 N–H and O–H groups in total. The Labute approximate surface area is 263 Å². The minimum absolute atomic E-state index is 0.0303. The van der Waals surface area contributed by atoms with Gasteiger partial charge in [-0.3, -0.25) is 9.89 Å². The van der Waals surface area contributed by atoms with Crippen molar-refractivity contribution in [1.82, 2.24) is 9.80 Å². The third-order valence-corrected chi connectivity index (χ3v) is 9.38. The second kappa shape index (κ2) is 11.5. The molecule has 6 unspecified atom stereocenters. The number of hydrogen-bond donors (Lipinski definition) is 0. The molecule has 234 valence electrons. The van der Waals surface area contributed by atoms with E-state index in [0.717, 1.165) is 33.4 Å². The lowest BCUT2D eigenvalue weighted by molar-refractivity contribution is -0.163. The summed E-state index contributed by atoms with van der Waals surface area (Å²) in [4.78, 5) is 52.8. The van der Waals surface area contributed by atoms with E-state index in [2.05, 4.69) is 0 Å². The first-order valence-electron chi connectivity index (χ1n) is 15.6. The quantitative estimate of drug-likeness (QED) is 0.183. The van der Waals surface area contributed by atoms with E-state index >= 15 is 0 Å². The summed E-state index contributed by atoms with van der Waals surface area (Å²) in [5.74, 6) is -2.12. The van der Waals surface area contributed by atoms with Crippen LogP contribution in [-0.2, 0) is 28.6 Å². The van der Waals surface area contributed by atoms with Crippen molar-refractivity contribution in [2.75, 3.05) is 19.8 Å². The molecule has 0 aromatic heterocycles. The third-order valence-electron chi connectivity index (χ3n) is 9.38. The van der Waals surface area contributed by atoms with Gasteiger partial charge in [0.15, 0.2) is 11.3 Å². The first-order valence-corrected chi connectivity index (χ1v) is 15.6. The first kappa shape index (κ1) is 30.7. The van der Waals surface area contributed by atoms with Crippen LogP contribution in [0.3, 0.4) is 0 Å². The van der Waals surface area contributed by atoms with Gasteiger partial charge in [0.1, 0.15) is 6.17 Å². The van der Waals surface area contributed by atoms with Gasteiger partial charge in [-0.25, -0.2) is 19.3 Å². The number of benzene rings is 3. The van der Waals surface area contributed by atoms with Crippen LogP contribution in [0, 0.1) is 20.8 Å². The van der Waals surface area contributed by atoms with Crippen molar-refractivity contribution in [3.05, 3.63) is 106 Å². The zero-order valence-electron chi connectivity index (χ0n) is 26.6. The lowest BCUT2D eigenvalue weighted by Gasteiger charge is -2.42. The van der Waals surface area contributed by atoms with Gasteiger partial charge in [0.2, 0.25) is 5.54 Å². The summed E-state index contributed by atoms with van der Waals surface area (Å²) in [6, 6.07) is 22.8. The molecule has 0 saturated carbocycles.